The minimum atomic E-state index is -0.0735. The lowest BCUT2D eigenvalue weighted by Crippen LogP contribution is -2.13. The first-order chi connectivity index (χ1) is 8.19. The van der Waals surface area contributed by atoms with E-state index in [2.05, 4.69) is 32.9 Å². The Bertz CT molecular complexity index is 525. The van der Waals surface area contributed by atoms with E-state index in [-0.39, 0.29) is 6.23 Å². The van der Waals surface area contributed by atoms with Crippen LogP contribution < -0.4 is 5.73 Å². The van der Waals surface area contributed by atoms with E-state index in [4.69, 9.17) is 10.5 Å². The average Bonchev–Trinajstić information content (AvgIpc) is 2.76. The molecule has 0 spiro atoms. The van der Waals surface area contributed by atoms with Gasteiger partial charge in [0.25, 0.3) is 0 Å². The summed E-state index contributed by atoms with van der Waals surface area (Å²) in [5, 5.41) is 5.19. The third-order valence-corrected chi connectivity index (χ3v) is 3.18. The van der Waals surface area contributed by atoms with E-state index in [0.29, 0.717) is 12.4 Å². The van der Waals surface area contributed by atoms with Gasteiger partial charge < -0.3 is 10.5 Å². The topological polar surface area (TPSA) is 66.0 Å². The molecule has 0 radical (unpaired) electrons. The average molecular weight is 299 g/mol. The van der Waals surface area contributed by atoms with Crippen molar-refractivity contribution in [3.63, 3.8) is 0 Å². The summed E-state index contributed by atoms with van der Waals surface area (Å²) >= 11 is 3.48. The Morgan fingerprint density at radius 2 is 2.24 bits per heavy atom. The normalized spacial score (nSPS) is 13.1. The minimum Gasteiger partial charge on any atom is -0.383 e. The number of halogens is 1. The molecule has 17 heavy (non-hydrogen) atoms. The first-order valence-corrected chi connectivity index (χ1v) is 6.37. The van der Waals surface area contributed by atoms with Gasteiger partial charge in [0.2, 0.25) is 0 Å². The lowest BCUT2D eigenvalue weighted by Gasteiger charge is -2.17. The van der Waals surface area contributed by atoms with Crippen molar-refractivity contribution in [3.8, 4) is 0 Å². The fraction of sp³-hybridized carbons (Fsp3) is 0.455. The molecular weight excluding hydrogens is 284 g/mol. The number of ether oxygens (including phenoxy) is 1. The van der Waals surface area contributed by atoms with Crippen LogP contribution in [0.1, 0.15) is 26.5 Å². The molecule has 1 unspecified atom stereocenters. The number of hydrogen-bond donors (Lipinski definition) is 1. The van der Waals surface area contributed by atoms with Gasteiger partial charge in [-0.05, 0) is 29.3 Å². The standard InChI is InChI=1S/C11H15BrN4O/c1-3-9(17-4-2)16-10-7(5-15-16)11(13)14-6-8(10)12/h5-6,9H,3-4H2,1-2H3,(H2,13,14). The van der Waals surface area contributed by atoms with Crippen molar-refractivity contribution >= 4 is 32.7 Å². The number of rotatable bonds is 4. The van der Waals surface area contributed by atoms with E-state index in [0.717, 1.165) is 21.8 Å². The maximum Gasteiger partial charge on any atom is 0.150 e. The van der Waals surface area contributed by atoms with Gasteiger partial charge in [-0.15, -0.1) is 0 Å². The number of pyridine rings is 1. The highest BCUT2D eigenvalue weighted by molar-refractivity contribution is 9.10. The molecule has 0 amide bonds. The number of hydrogen-bond acceptors (Lipinski definition) is 4. The second kappa shape index (κ2) is 5.01. The van der Waals surface area contributed by atoms with E-state index in [1.165, 1.54) is 0 Å². The Morgan fingerprint density at radius 1 is 1.47 bits per heavy atom. The highest BCUT2D eigenvalue weighted by atomic mass is 79.9. The van der Waals surface area contributed by atoms with Gasteiger partial charge >= 0.3 is 0 Å². The molecule has 5 nitrogen and oxygen atoms in total. The van der Waals surface area contributed by atoms with Gasteiger partial charge in [0.1, 0.15) is 5.82 Å². The van der Waals surface area contributed by atoms with E-state index >= 15 is 0 Å². The highest BCUT2D eigenvalue weighted by Crippen LogP contribution is 2.29. The zero-order valence-electron chi connectivity index (χ0n) is 9.85. The number of aromatic nitrogens is 3. The van der Waals surface area contributed by atoms with Gasteiger partial charge in [0.15, 0.2) is 6.23 Å². The zero-order valence-corrected chi connectivity index (χ0v) is 11.4. The first kappa shape index (κ1) is 12.3. The SMILES string of the molecule is CCOC(CC)n1ncc2c(N)ncc(Br)c21. The molecule has 2 aromatic heterocycles. The molecular formula is C11H15BrN4O. The molecule has 2 heterocycles. The largest absolute Gasteiger partial charge is 0.383 e. The van der Waals surface area contributed by atoms with Crippen LogP contribution in [0.3, 0.4) is 0 Å². The van der Waals surface area contributed by atoms with Crippen LogP contribution in [0.5, 0.6) is 0 Å². The first-order valence-electron chi connectivity index (χ1n) is 5.57. The Kier molecular flexibility index (Phi) is 3.63. The number of fused-ring (bicyclic) bond motifs is 1. The maximum atomic E-state index is 5.83. The molecule has 0 aliphatic rings. The van der Waals surface area contributed by atoms with Crippen molar-refractivity contribution < 1.29 is 4.74 Å². The quantitative estimate of drug-likeness (QED) is 0.942. The number of nitrogen functional groups attached to an aromatic ring is 1. The van der Waals surface area contributed by atoms with Crippen molar-refractivity contribution in [2.24, 2.45) is 0 Å². The Hall–Kier alpha value is -1.14. The lowest BCUT2D eigenvalue weighted by molar-refractivity contribution is 0.00211. The molecule has 0 bridgehead atoms. The van der Waals surface area contributed by atoms with Crippen molar-refractivity contribution in [3.05, 3.63) is 16.9 Å². The van der Waals surface area contributed by atoms with E-state index < -0.39 is 0 Å². The third-order valence-electron chi connectivity index (χ3n) is 2.60. The number of nitrogens with zero attached hydrogens (tertiary/aromatic N) is 3. The molecule has 0 fully saturated rings. The fourth-order valence-electron chi connectivity index (χ4n) is 1.82. The van der Waals surface area contributed by atoms with Gasteiger partial charge in [-0.25, -0.2) is 9.67 Å². The van der Waals surface area contributed by atoms with Gasteiger partial charge in [0, 0.05) is 12.8 Å². The molecule has 0 aliphatic heterocycles. The van der Waals surface area contributed by atoms with Crippen LogP contribution in [0.25, 0.3) is 10.9 Å². The van der Waals surface area contributed by atoms with Crippen LogP contribution in [0.4, 0.5) is 5.82 Å². The maximum absolute atomic E-state index is 5.83. The molecule has 6 heteroatoms. The summed E-state index contributed by atoms with van der Waals surface area (Å²) in [6.07, 6.45) is 4.19. The lowest BCUT2D eigenvalue weighted by atomic mass is 10.3. The molecule has 0 aliphatic carbocycles. The summed E-state index contributed by atoms with van der Waals surface area (Å²) in [5.74, 6) is 0.487. The third kappa shape index (κ3) is 2.14. The predicted molar refractivity (Wildman–Crippen MR) is 70.6 cm³/mol. The van der Waals surface area contributed by atoms with Crippen molar-refractivity contribution in [2.75, 3.05) is 12.3 Å². The van der Waals surface area contributed by atoms with Crippen molar-refractivity contribution in [2.45, 2.75) is 26.5 Å². The Labute approximate surface area is 108 Å². The van der Waals surface area contributed by atoms with Crippen LogP contribution >= 0.6 is 15.9 Å². The van der Waals surface area contributed by atoms with Crippen LogP contribution in [0.15, 0.2) is 16.9 Å². The summed E-state index contributed by atoms with van der Waals surface area (Å²) in [4.78, 5) is 4.09. The fourth-order valence-corrected chi connectivity index (χ4v) is 2.31. The van der Waals surface area contributed by atoms with Crippen LogP contribution in [-0.2, 0) is 4.74 Å². The van der Waals surface area contributed by atoms with Crippen molar-refractivity contribution in [1.29, 1.82) is 0 Å². The summed E-state index contributed by atoms with van der Waals surface area (Å²) in [6, 6.07) is 0. The summed E-state index contributed by atoms with van der Waals surface area (Å²) in [7, 11) is 0. The smallest absolute Gasteiger partial charge is 0.150 e. The highest BCUT2D eigenvalue weighted by Gasteiger charge is 2.16. The van der Waals surface area contributed by atoms with Gasteiger partial charge in [0.05, 0.1) is 21.6 Å². The van der Waals surface area contributed by atoms with E-state index in [9.17, 15) is 0 Å². The van der Waals surface area contributed by atoms with Gasteiger partial charge in [-0.3, -0.25) is 0 Å². The van der Waals surface area contributed by atoms with Crippen LogP contribution in [-0.4, -0.2) is 21.4 Å². The number of nitrogens with two attached hydrogens (primary N) is 1. The predicted octanol–water partition coefficient (Wildman–Crippen LogP) is 2.72. The molecule has 2 aromatic rings. The minimum absolute atomic E-state index is 0.0735. The Balaban J connectivity index is 2.58. The summed E-state index contributed by atoms with van der Waals surface area (Å²) in [5.41, 5.74) is 6.76. The van der Waals surface area contributed by atoms with Crippen LogP contribution in [0.2, 0.25) is 0 Å². The monoisotopic (exact) mass is 298 g/mol. The second-order valence-corrected chi connectivity index (χ2v) is 4.52. The van der Waals surface area contributed by atoms with Gasteiger partial charge in [-0.2, -0.15) is 5.10 Å². The molecule has 1 atom stereocenters. The molecule has 0 saturated carbocycles. The molecule has 0 saturated heterocycles. The van der Waals surface area contributed by atoms with Crippen LogP contribution in [0, 0.1) is 0 Å². The molecule has 2 N–H and O–H groups in total. The Morgan fingerprint density at radius 3 is 2.88 bits per heavy atom. The molecule has 2 rings (SSSR count). The zero-order chi connectivity index (χ0) is 12.4. The number of anilines is 1. The summed E-state index contributed by atoms with van der Waals surface area (Å²) < 4.78 is 8.38. The van der Waals surface area contributed by atoms with Gasteiger partial charge in [-0.1, -0.05) is 6.92 Å². The second-order valence-electron chi connectivity index (χ2n) is 3.66. The van der Waals surface area contributed by atoms with E-state index in [1.807, 2.05) is 11.6 Å². The molecule has 0 aromatic carbocycles. The molecule has 92 valence electrons. The summed E-state index contributed by atoms with van der Waals surface area (Å²) in [6.45, 7) is 4.68. The van der Waals surface area contributed by atoms with Crippen molar-refractivity contribution in [1.82, 2.24) is 14.8 Å². The van der Waals surface area contributed by atoms with E-state index in [1.54, 1.807) is 12.4 Å².